The summed E-state index contributed by atoms with van der Waals surface area (Å²) in [6.07, 6.45) is 3.74. The molecule has 2 N–H and O–H groups in total. The van der Waals surface area contributed by atoms with Crippen molar-refractivity contribution in [2.45, 2.75) is 18.8 Å². The van der Waals surface area contributed by atoms with E-state index in [0.717, 1.165) is 25.0 Å². The second-order valence-electron chi connectivity index (χ2n) is 6.55. The van der Waals surface area contributed by atoms with Crippen molar-refractivity contribution < 1.29 is 8.42 Å². The monoisotopic (exact) mass is 335 g/mol. The molecule has 1 aromatic heterocycles. The molecule has 0 amide bonds. The van der Waals surface area contributed by atoms with Crippen molar-refractivity contribution in [1.29, 1.82) is 0 Å². The molecule has 1 aliphatic rings. The third-order valence-corrected chi connectivity index (χ3v) is 6.41. The minimum atomic E-state index is -3.17. The molecule has 0 spiro atoms. The minimum absolute atomic E-state index is 0.180. The van der Waals surface area contributed by atoms with Crippen molar-refractivity contribution in [2.24, 2.45) is 5.92 Å². The number of rotatable bonds is 6. The number of sulfonamides is 1. The van der Waals surface area contributed by atoms with Gasteiger partial charge >= 0.3 is 0 Å². The van der Waals surface area contributed by atoms with Gasteiger partial charge in [-0.15, -0.1) is 0 Å². The normalized spacial score (nSPS) is 21.0. The van der Waals surface area contributed by atoms with Crippen molar-refractivity contribution in [3.63, 3.8) is 0 Å². The Morgan fingerprint density at radius 1 is 1.39 bits per heavy atom. The van der Waals surface area contributed by atoms with Gasteiger partial charge in [-0.3, -0.25) is 0 Å². The molecule has 6 heteroatoms. The van der Waals surface area contributed by atoms with Gasteiger partial charge in [0.2, 0.25) is 10.0 Å². The van der Waals surface area contributed by atoms with E-state index in [2.05, 4.69) is 45.9 Å². The Bertz CT molecular complexity index is 769. The molecule has 126 valence electrons. The highest BCUT2D eigenvalue weighted by molar-refractivity contribution is 7.89. The lowest BCUT2D eigenvalue weighted by Gasteiger charge is -2.24. The Morgan fingerprint density at radius 3 is 2.91 bits per heavy atom. The van der Waals surface area contributed by atoms with Crippen molar-refractivity contribution >= 4 is 20.9 Å². The highest BCUT2D eigenvalue weighted by Crippen LogP contribution is 2.35. The van der Waals surface area contributed by atoms with E-state index in [0.29, 0.717) is 12.3 Å². The van der Waals surface area contributed by atoms with Crippen LogP contribution < -0.4 is 4.72 Å². The quantitative estimate of drug-likeness (QED) is 0.850. The molecule has 1 saturated heterocycles. The van der Waals surface area contributed by atoms with Crippen LogP contribution in [-0.2, 0) is 10.0 Å². The summed E-state index contributed by atoms with van der Waals surface area (Å²) in [6, 6.07) is 8.53. The van der Waals surface area contributed by atoms with Gasteiger partial charge in [-0.1, -0.05) is 6.07 Å². The Kier molecular flexibility index (Phi) is 4.75. The van der Waals surface area contributed by atoms with Crippen LogP contribution >= 0.6 is 0 Å². The fourth-order valence-electron chi connectivity index (χ4n) is 3.66. The largest absolute Gasteiger partial charge is 0.361 e. The van der Waals surface area contributed by atoms with E-state index in [4.69, 9.17) is 0 Å². The number of fused-ring (bicyclic) bond motifs is 1. The van der Waals surface area contributed by atoms with Gasteiger partial charge in [0.25, 0.3) is 0 Å². The molecular formula is C17H25N3O2S. The lowest BCUT2D eigenvalue weighted by Crippen LogP contribution is -2.26. The van der Waals surface area contributed by atoms with Crippen molar-refractivity contribution in [1.82, 2.24) is 14.6 Å². The number of benzene rings is 1. The molecule has 2 heterocycles. The van der Waals surface area contributed by atoms with Crippen LogP contribution in [0.1, 0.15) is 24.3 Å². The zero-order valence-electron chi connectivity index (χ0n) is 13.7. The zero-order chi connectivity index (χ0) is 16.4. The average Bonchev–Trinajstić information content (AvgIpc) is 3.16. The van der Waals surface area contributed by atoms with Crippen molar-refractivity contribution in [3.8, 4) is 0 Å². The number of aromatic nitrogens is 1. The maximum absolute atomic E-state index is 11.9. The Morgan fingerprint density at radius 2 is 2.22 bits per heavy atom. The number of aromatic amines is 1. The van der Waals surface area contributed by atoms with E-state index in [9.17, 15) is 8.42 Å². The van der Waals surface area contributed by atoms with Gasteiger partial charge in [0.1, 0.15) is 0 Å². The van der Waals surface area contributed by atoms with Crippen LogP contribution in [0.3, 0.4) is 0 Å². The van der Waals surface area contributed by atoms with E-state index in [1.165, 1.54) is 18.0 Å². The number of hydrogen-bond acceptors (Lipinski definition) is 3. The summed E-state index contributed by atoms with van der Waals surface area (Å²) in [5.74, 6) is 0.977. The van der Waals surface area contributed by atoms with Crippen LogP contribution in [0.15, 0.2) is 30.5 Å². The predicted molar refractivity (Wildman–Crippen MR) is 94.1 cm³/mol. The molecule has 3 rings (SSSR count). The maximum atomic E-state index is 11.9. The summed E-state index contributed by atoms with van der Waals surface area (Å²) >= 11 is 0. The first-order chi connectivity index (χ1) is 11.0. The molecule has 5 nitrogen and oxygen atoms in total. The lowest BCUT2D eigenvalue weighted by atomic mass is 9.83. The third kappa shape index (κ3) is 3.76. The summed E-state index contributed by atoms with van der Waals surface area (Å²) in [6.45, 7) is 2.13. The lowest BCUT2D eigenvalue weighted by molar-refractivity contribution is 0.366. The molecule has 0 saturated carbocycles. The highest BCUT2D eigenvalue weighted by atomic mass is 32.2. The Hall–Kier alpha value is -1.37. The smallest absolute Gasteiger partial charge is 0.211 e. The topological polar surface area (TPSA) is 65.2 Å². The van der Waals surface area contributed by atoms with Gasteiger partial charge in [0, 0.05) is 18.3 Å². The molecule has 2 unspecified atom stereocenters. The van der Waals surface area contributed by atoms with Crippen LogP contribution in [0.2, 0.25) is 0 Å². The molecule has 2 aromatic rings. The second kappa shape index (κ2) is 6.63. The number of H-pyrrole nitrogens is 1. The van der Waals surface area contributed by atoms with E-state index in [-0.39, 0.29) is 11.7 Å². The molecule has 23 heavy (non-hydrogen) atoms. The van der Waals surface area contributed by atoms with Crippen LogP contribution in [0.5, 0.6) is 0 Å². The van der Waals surface area contributed by atoms with E-state index in [1.54, 1.807) is 0 Å². The molecule has 0 aliphatic carbocycles. The number of hydrogen-bond donors (Lipinski definition) is 2. The molecular weight excluding hydrogens is 310 g/mol. The van der Waals surface area contributed by atoms with Gasteiger partial charge in [0.05, 0.1) is 5.75 Å². The van der Waals surface area contributed by atoms with Gasteiger partial charge in [-0.05, 0) is 74.5 Å². The van der Waals surface area contributed by atoms with Crippen LogP contribution in [-0.4, -0.2) is 51.2 Å². The molecule has 0 bridgehead atoms. The van der Waals surface area contributed by atoms with Crippen LogP contribution in [0, 0.1) is 5.92 Å². The van der Waals surface area contributed by atoms with Gasteiger partial charge < -0.3 is 9.88 Å². The fraction of sp³-hybridized carbons (Fsp3) is 0.529. The van der Waals surface area contributed by atoms with Gasteiger partial charge in [-0.25, -0.2) is 13.1 Å². The predicted octanol–water partition coefficient (Wildman–Crippen LogP) is 2.14. The molecule has 1 aliphatic heterocycles. The summed E-state index contributed by atoms with van der Waals surface area (Å²) in [4.78, 5) is 5.55. The Balaban J connectivity index is 1.87. The second-order valence-corrected chi connectivity index (χ2v) is 8.60. The first kappa shape index (κ1) is 16.5. The van der Waals surface area contributed by atoms with Gasteiger partial charge in [-0.2, -0.15) is 0 Å². The van der Waals surface area contributed by atoms with Crippen molar-refractivity contribution in [3.05, 3.63) is 36.0 Å². The summed E-state index contributed by atoms with van der Waals surface area (Å²) in [5, 5.41) is 1.19. The highest BCUT2D eigenvalue weighted by Gasteiger charge is 2.30. The third-order valence-electron chi connectivity index (χ3n) is 5.01. The van der Waals surface area contributed by atoms with E-state index in [1.807, 2.05) is 6.20 Å². The molecule has 1 aromatic carbocycles. The van der Waals surface area contributed by atoms with Gasteiger partial charge in [0.15, 0.2) is 0 Å². The average molecular weight is 335 g/mol. The van der Waals surface area contributed by atoms with Crippen molar-refractivity contribution in [2.75, 3.05) is 32.9 Å². The number of nitrogens with zero attached hydrogens (tertiary/aromatic N) is 1. The zero-order valence-corrected chi connectivity index (χ0v) is 14.6. The summed E-state index contributed by atoms with van der Waals surface area (Å²) < 4.78 is 26.1. The Labute approximate surface area is 138 Å². The maximum Gasteiger partial charge on any atom is 0.211 e. The number of likely N-dealkylation sites (tertiary alicyclic amines) is 1. The summed E-state index contributed by atoms with van der Waals surface area (Å²) in [7, 11) is 0.454. The number of nitrogens with one attached hydrogen (secondary N) is 2. The molecule has 2 atom stereocenters. The fourth-order valence-corrected chi connectivity index (χ4v) is 4.43. The van der Waals surface area contributed by atoms with E-state index < -0.39 is 10.0 Å². The molecule has 1 fully saturated rings. The molecule has 0 radical (unpaired) electrons. The van der Waals surface area contributed by atoms with Crippen LogP contribution in [0.25, 0.3) is 10.9 Å². The first-order valence-electron chi connectivity index (χ1n) is 8.15. The first-order valence-corrected chi connectivity index (χ1v) is 9.80. The summed E-state index contributed by atoms with van der Waals surface area (Å²) in [5.41, 5.74) is 2.38. The SMILES string of the molecule is CNS(=O)(=O)CCC(c1ccc2[nH]ccc2c1)C1CCN(C)C1. The van der Waals surface area contributed by atoms with E-state index >= 15 is 0 Å². The van der Waals surface area contributed by atoms with Crippen LogP contribution in [0.4, 0.5) is 0 Å². The standard InChI is InChI=1S/C17H25N3O2S/c1-18-23(21,22)10-7-16(15-6-9-20(2)12-15)13-3-4-17-14(11-13)5-8-19-17/h3-5,8,11,15-16,18-19H,6-7,9-10,12H2,1-2H3. The minimum Gasteiger partial charge on any atom is -0.361 e.